The molecule has 0 aromatic heterocycles. The van der Waals surface area contributed by atoms with Crippen LogP contribution in [0.4, 0.5) is 0 Å². The lowest BCUT2D eigenvalue weighted by atomic mass is 10.6. The van der Waals surface area contributed by atoms with Crippen molar-refractivity contribution >= 4 is 11.6 Å². The maximum absolute atomic E-state index is 5.06. The molecule has 0 amide bonds. The topological polar surface area (TPSA) is 0 Å². The molecule has 0 saturated carbocycles. The van der Waals surface area contributed by atoms with E-state index in [1.165, 1.54) is 0 Å². The quantitative estimate of drug-likeness (QED) is 0.413. The average Bonchev–Trinajstić information content (AvgIpc) is 1.37. The van der Waals surface area contributed by atoms with Gasteiger partial charge >= 0.3 is 0 Å². The molecule has 0 unspecified atom stereocenters. The van der Waals surface area contributed by atoms with Crippen molar-refractivity contribution in [3.63, 3.8) is 0 Å². The van der Waals surface area contributed by atoms with Crippen LogP contribution in [0.2, 0.25) is 0 Å². The van der Waals surface area contributed by atoms with Crippen LogP contribution in [0.15, 0.2) is 0 Å². The Kier molecular flexibility index (Phi) is 3.53. The molecule has 0 aromatic carbocycles. The molecule has 0 atom stereocenters. The third-order valence-corrected chi connectivity index (χ3v) is 0.327. The third kappa shape index (κ3) is 2.29. The maximum atomic E-state index is 5.06. The van der Waals surface area contributed by atoms with Gasteiger partial charge in [0.15, 0.2) is 0 Å². The summed E-state index contributed by atoms with van der Waals surface area (Å²) in [4.78, 5) is 0. The van der Waals surface area contributed by atoms with Crippen LogP contribution in [0.25, 0.3) is 0 Å². The minimum atomic E-state index is 0.569. The Hall–Kier alpha value is 0.290. The lowest BCUT2D eigenvalue weighted by Gasteiger charge is -1.65. The molecule has 0 bridgehead atoms. The van der Waals surface area contributed by atoms with Gasteiger partial charge in [-0.2, -0.15) is 0 Å². The Morgan fingerprint density at radius 3 is 2.00 bits per heavy atom. The summed E-state index contributed by atoms with van der Waals surface area (Å²) in [5.41, 5.74) is 0. The zero-order valence-corrected chi connectivity index (χ0v) is 3.13. The van der Waals surface area contributed by atoms with Crippen molar-refractivity contribution in [2.24, 2.45) is 0 Å². The molecule has 4 heavy (non-hydrogen) atoms. The minimum absolute atomic E-state index is 0.569. The van der Waals surface area contributed by atoms with Crippen LogP contribution in [0.5, 0.6) is 0 Å². The van der Waals surface area contributed by atoms with E-state index in [0.717, 1.165) is 0 Å². The van der Waals surface area contributed by atoms with E-state index in [4.69, 9.17) is 18.5 Å². The summed E-state index contributed by atoms with van der Waals surface area (Å²) < 4.78 is 0. The molecule has 0 saturated heterocycles. The van der Waals surface area contributed by atoms with E-state index in [9.17, 15) is 0 Å². The van der Waals surface area contributed by atoms with Gasteiger partial charge in [0.2, 0.25) is 0 Å². The standard InChI is InChI=1S/C3H5Cl/c1-2-3-4/h1H,2-3H2. The molecular formula is C3H5Cl. The molecule has 0 nitrogen and oxygen atoms in total. The molecule has 0 rings (SSSR count). The molecule has 0 aliphatic carbocycles. The zero-order chi connectivity index (χ0) is 3.41. The van der Waals surface area contributed by atoms with Gasteiger partial charge in [-0.25, -0.2) is 0 Å². The second kappa shape index (κ2) is 3.29. The second-order valence-electron chi connectivity index (χ2n) is 0.478. The highest BCUT2D eigenvalue weighted by Crippen LogP contribution is 1.75. The fraction of sp³-hybridized carbons (Fsp3) is 0.667. The van der Waals surface area contributed by atoms with Gasteiger partial charge in [-0.1, -0.05) is 0 Å². The molecule has 0 fully saturated rings. The van der Waals surface area contributed by atoms with E-state index < -0.39 is 0 Å². The van der Waals surface area contributed by atoms with Gasteiger partial charge in [0.1, 0.15) is 0 Å². The van der Waals surface area contributed by atoms with Crippen LogP contribution in [-0.2, 0) is 0 Å². The molecule has 0 N–H and O–H groups in total. The Morgan fingerprint density at radius 2 is 2.00 bits per heavy atom. The predicted octanol–water partition coefficient (Wildman–Crippen LogP) is 1.33. The summed E-state index contributed by atoms with van der Waals surface area (Å²) in [6.45, 7) is 4.90. The average molecular weight is 76.5 g/mol. The highest BCUT2D eigenvalue weighted by atomic mass is 35.5. The van der Waals surface area contributed by atoms with Gasteiger partial charge < -0.3 is 0 Å². The van der Waals surface area contributed by atoms with Crippen molar-refractivity contribution in [3.8, 4) is 0 Å². The Morgan fingerprint density at radius 1 is 1.75 bits per heavy atom. The van der Waals surface area contributed by atoms with Crippen molar-refractivity contribution in [1.29, 1.82) is 0 Å². The van der Waals surface area contributed by atoms with Gasteiger partial charge in [-0.3, -0.25) is 0 Å². The molecule has 2 radical (unpaired) electrons. The fourth-order valence-electron chi connectivity index (χ4n) is 0. The zero-order valence-electron chi connectivity index (χ0n) is 2.37. The maximum Gasteiger partial charge on any atom is 0.0226 e. The van der Waals surface area contributed by atoms with Gasteiger partial charge in [-0.15, -0.1) is 11.6 Å². The van der Waals surface area contributed by atoms with E-state index in [0.29, 0.717) is 12.3 Å². The lowest BCUT2D eigenvalue weighted by Crippen LogP contribution is -1.56. The van der Waals surface area contributed by atoms with Crippen molar-refractivity contribution in [2.45, 2.75) is 6.42 Å². The van der Waals surface area contributed by atoms with E-state index >= 15 is 0 Å². The first kappa shape index (κ1) is 4.29. The van der Waals surface area contributed by atoms with E-state index in [1.54, 1.807) is 0 Å². The summed E-state index contributed by atoms with van der Waals surface area (Å²) in [5, 5.41) is 0. The third-order valence-electron chi connectivity index (χ3n) is 0.109. The normalized spacial score (nSPS) is 7.50. The number of halogens is 1. The molecule has 0 aliphatic heterocycles. The predicted molar refractivity (Wildman–Crippen MR) is 19.6 cm³/mol. The smallest absolute Gasteiger partial charge is 0.0226 e. The molecule has 0 aliphatic rings. The summed E-state index contributed by atoms with van der Waals surface area (Å²) in [7, 11) is 0. The number of rotatable bonds is 1. The highest BCUT2D eigenvalue weighted by Gasteiger charge is 1.59. The first-order chi connectivity index (χ1) is 1.91. The Bertz CT molecular complexity index is 5.25. The molecule has 1 heteroatoms. The second-order valence-corrected chi connectivity index (χ2v) is 0.856. The highest BCUT2D eigenvalue weighted by molar-refractivity contribution is 6.17. The number of hydrogen-bond acceptors (Lipinski definition) is 0. The van der Waals surface area contributed by atoms with Crippen molar-refractivity contribution in [3.05, 3.63) is 6.92 Å². The molecule has 0 aromatic rings. The summed E-state index contributed by atoms with van der Waals surface area (Å²) >= 11 is 5.06. The summed E-state index contributed by atoms with van der Waals surface area (Å²) in [6.07, 6.45) is 0.585. The Labute approximate surface area is 31.8 Å². The van der Waals surface area contributed by atoms with E-state index in [2.05, 4.69) is 0 Å². The molecule has 24 valence electrons. The fourth-order valence-corrected chi connectivity index (χ4v) is 0. The van der Waals surface area contributed by atoms with Crippen LogP contribution in [0, 0.1) is 6.92 Å². The summed E-state index contributed by atoms with van der Waals surface area (Å²) in [5.74, 6) is 0.569. The molecule has 0 heterocycles. The van der Waals surface area contributed by atoms with E-state index in [1.807, 2.05) is 0 Å². The lowest BCUT2D eigenvalue weighted by molar-refractivity contribution is 1.24. The van der Waals surface area contributed by atoms with Gasteiger partial charge in [0.25, 0.3) is 0 Å². The van der Waals surface area contributed by atoms with Crippen molar-refractivity contribution < 1.29 is 0 Å². The van der Waals surface area contributed by atoms with Gasteiger partial charge in [-0.05, 0) is 13.3 Å². The van der Waals surface area contributed by atoms with E-state index in [-0.39, 0.29) is 0 Å². The monoisotopic (exact) mass is 76.0 g/mol. The first-order valence-electron chi connectivity index (χ1n) is 1.18. The first-order valence-corrected chi connectivity index (χ1v) is 1.71. The van der Waals surface area contributed by atoms with Crippen LogP contribution in [0.1, 0.15) is 6.42 Å². The van der Waals surface area contributed by atoms with Crippen LogP contribution < -0.4 is 0 Å². The minimum Gasteiger partial charge on any atom is -0.127 e. The molecular weight excluding hydrogens is 71.5 g/mol. The summed E-state index contributed by atoms with van der Waals surface area (Å²) in [6, 6.07) is 0. The van der Waals surface area contributed by atoms with Crippen LogP contribution in [-0.4, -0.2) is 5.88 Å². The van der Waals surface area contributed by atoms with Crippen LogP contribution >= 0.6 is 11.6 Å². The van der Waals surface area contributed by atoms with Crippen molar-refractivity contribution in [2.75, 3.05) is 5.88 Å². The SMILES string of the molecule is [CH]CCCl. The Balaban J connectivity index is 1.97. The van der Waals surface area contributed by atoms with Gasteiger partial charge in [0.05, 0.1) is 0 Å². The molecule has 0 spiro atoms. The largest absolute Gasteiger partial charge is 0.127 e. The van der Waals surface area contributed by atoms with Crippen LogP contribution in [0.3, 0.4) is 0 Å². The van der Waals surface area contributed by atoms with Gasteiger partial charge in [0, 0.05) is 5.88 Å². The number of alkyl halides is 1. The van der Waals surface area contributed by atoms with Crippen molar-refractivity contribution in [1.82, 2.24) is 0 Å². The number of hydrogen-bond donors (Lipinski definition) is 0.